The number of aryl methyl sites for hydroxylation is 1. The van der Waals surface area contributed by atoms with Crippen LogP contribution in [-0.4, -0.2) is 33.8 Å². The third kappa shape index (κ3) is 3.83. The number of aromatic nitrogens is 3. The fourth-order valence-electron chi connectivity index (χ4n) is 2.49. The molecule has 0 saturated heterocycles. The minimum atomic E-state index is -0.366. The van der Waals surface area contributed by atoms with Crippen LogP contribution in [0, 0.1) is 13.8 Å². The van der Waals surface area contributed by atoms with Crippen molar-refractivity contribution in [3.63, 3.8) is 0 Å². The Balaban J connectivity index is 1.67. The maximum atomic E-state index is 12.4. The Morgan fingerprint density at radius 2 is 2.12 bits per heavy atom. The van der Waals surface area contributed by atoms with Gasteiger partial charge in [0.05, 0.1) is 12.8 Å². The molecule has 3 rings (SSSR count). The van der Waals surface area contributed by atoms with Crippen molar-refractivity contribution in [1.82, 2.24) is 20.1 Å². The number of thiazole rings is 1. The van der Waals surface area contributed by atoms with Crippen LogP contribution >= 0.6 is 22.7 Å². The highest BCUT2D eigenvalue weighted by molar-refractivity contribution is 7.14. The van der Waals surface area contributed by atoms with E-state index < -0.39 is 0 Å². The summed E-state index contributed by atoms with van der Waals surface area (Å²) in [5.74, 6) is -0.600. The molecule has 0 aromatic carbocycles. The molecule has 0 bridgehead atoms. The highest BCUT2D eigenvalue weighted by Gasteiger charge is 2.16. The molecule has 0 unspecified atom stereocenters. The predicted molar refractivity (Wildman–Crippen MR) is 100 cm³/mol. The first-order valence-electron chi connectivity index (χ1n) is 7.85. The van der Waals surface area contributed by atoms with Crippen LogP contribution in [0.15, 0.2) is 22.2 Å². The second kappa shape index (κ2) is 7.79. The number of nitrogens with zero attached hydrogens (tertiary/aromatic N) is 3. The van der Waals surface area contributed by atoms with Crippen LogP contribution in [0.3, 0.4) is 0 Å². The lowest BCUT2D eigenvalue weighted by atomic mass is 10.2. The molecule has 26 heavy (non-hydrogen) atoms. The molecular formula is C17H18N4O3S2. The van der Waals surface area contributed by atoms with Crippen LogP contribution < -0.4 is 5.32 Å². The Hall–Kier alpha value is -2.52. The zero-order chi connectivity index (χ0) is 18.7. The van der Waals surface area contributed by atoms with E-state index in [0.29, 0.717) is 12.2 Å². The van der Waals surface area contributed by atoms with E-state index in [1.54, 1.807) is 21.4 Å². The Kier molecular flexibility index (Phi) is 5.48. The van der Waals surface area contributed by atoms with E-state index in [-0.39, 0.29) is 18.4 Å². The van der Waals surface area contributed by atoms with Gasteiger partial charge in [0.25, 0.3) is 5.91 Å². The summed E-state index contributed by atoms with van der Waals surface area (Å²) in [6, 6.07) is 1.98. The van der Waals surface area contributed by atoms with Crippen molar-refractivity contribution in [3.8, 4) is 10.6 Å². The van der Waals surface area contributed by atoms with Gasteiger partial charge in [-0.05, 0) is 25.3 Å². The summed E-state index contributed by atoms with van der Waals surface area (Å²) in [6.07, 6.45) is 0. The molecule has 3 heterocycles. The molecule has 9 heteroatoms. The van der Waals surface area contributed by atoms with Gasteiger partial charge in [-0.15, -0.1) is 11.3 Å². The number of hydrogen-bond acceptors (Lipinski definition) is 7. The molecule has 0 aliphatic heterocycles. The summed E-state index contributed by atoms with van der Waals surface area (Å²) in [5.41, 5.74) is 3.90. The number of ether oxygens (including phenoxy) is 1. The van der Waals surface area contributed by atoms with Crippen LogP contribution in [0.1, 0.15) is 27.4 Å². The van der Waals surface area contributed by atoms with Crippen molar-refractivity contribution in [2.24, 2.45) is 0 Å². The lowest BCUT2D eigenvalue weighted by molar-refractivity contribution is -0.141. The number of methoxy groups -OCH3 is 1. The lowest BCUT2D eigenvalue weighted by Crippen LogP contribution is -2.23. The monoisotopic (exact) mass is 390 g/mol. The molecule has 0 atom stereocenters. The Morgan fingerprint density at radius 1 is 1.31 bits per heavy atom. The molecule has 1 N–H and O–H groups in total. The summed E-state index contributed by atoms with van der Waals surface area (Å²) < 4.78 is 6.25. The molecule has 0 aliphatic carbocycles. The first kappa shape index (κ1) is 18.3. The molecular weight excluding hydrogens is 372 g/mol. The minimum Gasteiger partial charge on any atom is -0.468 e. The largest absolute Gasteiger partial charge is 0.468 e. The van der Waals surface area contributed by atoms with Crippen LogP contribution in [0.4, 0.5) is 0 Å². The van der Waals surface area contributed by atoms with E-state index in [9.17, 15) is 9.59 Å². The standard InChI is InChI=1S/C17H18N4O3S2/c1-10-13(11(2)21(20-10)7-15(22)24-3)6-18-16(23)14-9-26-17(19-14)12-4-5-25-8-12/h4-5,8-9H,6-7H2,1-3H3,(H,18,23). The summed E-state index contributed by atoms with van der Waals surface area (Å²) >= 11 is 3.04. The molecule has 0 radical (unpaired) electrons. The normalized spacial score (nSPS) is 10.7. The first-order valence-corrected chi connectivity index (χ1v) is 9.67. The van der Waals surface area contributed by atoms with Gasteiger partial charge >= 0.3 is 5.97 Å². The molecule has 0 spiro atoms. The fourth-order valence-corrected chi connectivity index (χ4v) is 4.00. The van der Waals surface area contributed by atoms with Gasteiger partial charge in [0, 0.05) is 34.1 Å². The minimum absolute atomic E-state index is 0.0488. The first-order chi connectivity index (χ1) is 12.5. The van der Waals surface area contributed by atoms with Crippen LogP contribution in [0.2, 0.25) is 0 Å². The third-order valence-corrected chi connectivity index (χ3v) is 5.54. The zero-order valence-corrected chi connectivity index (χ0v) is 16.2. The smallest absolute Gasteiger partial charge is 0.327 e. The quantitative estimate of drug-likeness (QED) is 0.654. The number of carbonyl (C=O) groups excluding carboxylic acids is 2. The zero-order valence-electron chi connectivity index (χ0n) is 14.6. The van der Waals surface area contributed by atoms with Gasteiger partial charge < -0.3 is 10.1 Å². The number of thiophene rings is 1. The van der Waals surface area contributed by atoms with Gasteiger partial charge in [-0.25, -0.2) is 4.98 Å². The van der Waals surface area contributed by atoms with E-state index in [0.717, 1.165) is 27.5 Å². The molecule has 0 aliphatic rings. The number of hydrogen-bond donors (Lipinski definition) is 1. The van der Waals surface area contributed by atoms with Crippen LogP contribution in [0.25, 0.3) is 10.6 Å². The number of rotatable bonds is 6. The summed E-state index contributed by atoms with van der Waals surface area (Å²) in [6.45, 7) is 4.08. The van der Waals surface area contributed by atoms with E-state index >= 15 is 0 Å². The fraction of sp³-hybridized carbons (Fsp3) is 0.294. The van der Waals surface area contributed by atoms with Crippen molar-refractivity contribution in [2.45, 2.75) is 26.9 Å². The summed E-state index contributed by atoms with van der Waals surface area (Å²) in [5, 5.41) is 13.8. The molecule has 136 valence electrons. The molecule has 0 fully saturated rings. The van der Waals surface area contributed by atoms with Crippen LogP contribution in [0.5, 0.6) is 0 Å². The number of carbonyl (C=O) groups is 2. The number of amides is 1. The van der Waals surface area contributed by atoms with Crippen molar-refractivity contribution < 1.29 is 14.3 Å². The molecule has 0 saturated carbocycles. The van der Waals surface area contributed by atoms with Crippen molar-refractivity contribution in [3.05, 3.63) is 44.9 Å². The predicted octanol–water partition coefficient (Wildman–Crippen LogP) is 2.79. The molecule has 3 aromatic rings. The van der Waals surface area contributed by atoms with Crippen molar-refractivity contribution in [1.29, 1.82) is 0 Å². The molecule has 7 nitrogen and oxygen atoms in total. The maximum absolute atomic E-state index is 12.4. The Morgan fingerprint density at radius 3 is 2.81 bits per heavy atom. The Bertz CT molecular complexity index is 928. The van der Waals surface area contributed by atoms with Gasteiger partial charge in [0.15, 0.2) is 0 Å². The second-order valence-corrected chi connectivity index (χ2v) is 7.25. The number of nitrogens with one attached hydrogen (secondary N) is 1. The van der Waals surface area contributed by atoms with Gasteiger partial charge in [0.1, 0.15) is 17.2 Å². The van der Waals surface area contributed by atoms with Gasteiger partial charge in [-0.2, -0.15) is 16.4 Å². The average molecular weight is 390 g/mol. The second-order valence-electron chi connectivity index (χ2n) is 5.62. The average Bonchev–Trinajstić information content (AvgIpc) is 3.35. The third-order valence-electron chi connectivity index (χ3n) is 3.97. The van der Waals surface area contributed by atoms with Gasteiger partial charge in [-0.3, -0.25) is 14.3 Å². The highest BCUT2D eigenvalue weighted by Crippen LogP contribution is 2.25. The van der Waals surface area contributed by atoms with Crippen LogP contribution in [-0.2, 0) is 22.6 Å². The van der Waals surface area contributed by atoms with E-state index in [4.69, 9.17) is 0 Å². The molecule has 3 aromatic heterocycles. The van der Waals surface area contributed by atoms with E-state index in [2.05, 4.69) is 20.1 Å². The van der Waals surface area contributed by atoms with E-state index in [1.807, 2.05) is 30.7 Å². The SMILES string of the molecule is COC(=O)Cn1nc(C)c(CNC(=O)c2csc(-c3ccsc3)n2)c1C. The highest BCUT2D eigenvalue weighted by atomic mass is 32.1. The lowest BCUT2D eigenvalue weighted by Gasteiger charge is -2.05. The van der Waals surface area contributed by atoms with Gasteiger partial charge in [0.2, 0.25) is 0 Å². The Labute approximate surface area is 158 Å². The topological polar surface area (TPSA) is 86.1 Å². The van der Waals surface area contributed by atoms with E-state index in [1.165, 1.54) is 18.4 Å². The van der Waals surface area contributed by atoms with Crippen molar-refractivity contribution in [2.75, 3.05) is 7.11 Å². The number of esters is 1. The summed E-state index contributed by atoms with van der Waals surface area (Å²) in [7, 11) is 1.34. The van der Waals surface area contributed by atoms with Gasteiger partial charge in [-0.1, -0.05) is 0 Å². The van der Waals surface area contributed by atoms with Crippen molar-refractivity contribution >= 4 is 34.6 Å². The summed E-state index contributed by atoms with van der Waals surface area (Å²) in [4.78, 5) is 28.2. The molecule has 1 amide bonds. The maximum Gasteiger partial charge on any atom is 0.327 e.